The molecule has 0 bridgehead atoms. The summed E-state index contributed by atoms with van der Waals surface area (Å²) in [5, 5.41) is 5.76. The molecule has 0 radical (unpaired) electrons. The molecule has 108 valence electrons. The third-order valence-electron chi connectivity index (χ3n) is 3.97. The summed E-state index contributed by atoms with van der Waals surface area (Å²) < 4.78 is 3.75. The standard InChI is InChI=1S/C14H17N7/c1-19-8-5-16-14(19)21-12-11(9-15-10-17-12)13(18-21)20-6-3-2-4-7-20/h5,8-10H,2-4,6-7H2,1H3. The Morgan fingerprint density at radius 1 is 1.10 bits per heavy atom. The average Bonchev–Trinajstić information content (AvgIpc) is 3.11. The predicted octanol–water partition coefficient (Wildman–Crippen LogP) is 1.54. The number of hydrogen-bond donors (Lipinski definition) is 0. The lowest BCUT2D eigenvalue weighted by molar-refractivity contribution is 0.571. The van der Waals surface area contributed by atoms with Crippen molar-refractivity contribution in [3.8, 4) is 5.95 Å². The van der Waals surface area contributed by atoms with Crippen LogP contribution >= 0.6 is 0 Å². The zero-order valence-electron chi connectivity index (χ0n) is 12.0. The van der Waals surface area contributed by atoms with Crippen LogP contribution in [0.15, 0.2) is 24.9 Å². The van der Waals surface area contributed by atoms with Gasteiger partial charge < -0.3 is 9.47 Å². The second kappa shape index (κ2) is 4.83. The molecule has 7 nitrogen and oxygen atoms in total. The smallest absolute Gasteiger partial charge is 0.232 e. The predicted molar refractivity (Wildman–Crippen MR) is 79.5 cm³/mol. The van der Waals surface area contributed by atoms with E-state index in [2.05, 4.69) is 19.9 Å². The molecule has 3 aromatic rings. The first-order chi connectivity index (χ1) is 10.3. The van der Waals surface area contributed by atoms with Gasteiger partial charge in [-0.15, -0.1) is 5.10 Å². The fraction of sp³-hybridized carbons (Fsp3) is 0.429. The molecular weight excluding hydrogens is 266 g/mol. The monoisotopic (exact) mass is 283 g/mol. The Balaban J connectivity index is 1.90. The largest absolute Gasteiger partial charge is 0.355 e. The highest BCUT2D eigenvalue weighted by Crippen LogP contribution is 2.27. The first-order valence-corrected chi connectivity index (χ1v) is 7.26. The lowest BCUT2D eigenvalue weighted by Gasteiger charge is -2.26. The number of imidazole rings is 1. The number of anilines is 1. The average molecular weight is 283 g/mol. The molecule has 1 fully saturated rings. The van der Waals surface area contributed by atoms with Crippen LogP contribution in [0.5, 0.6) is 0 Å². The molecular formula is C14H17N7. The molecule has 4 rings (SSSR count). The Morgan fingerprint density at radius 2 is 1.95 bits per heavy atom. The van der Waals surface area contributed by atoms with E-state index in [0.29, 0.717) is 0 Å². The highest BCUT2D eigenvalue weighted by Gasteiger charge is 2.21. The van der Waals surface area contributed by atoms with E-state index in [-0.39, 0.29) is 0 Å². The summed E-state index contributed by atoms with van der Waals surface area (Å²) in [6.07, 6.45) is 10.8. The van der Waals surface area contributed by atoms with E-state index < -0.39 is 0 Å². The maximum absolute atomic E-state index is 4.77. The van der Waals surface area contributed by atoms with E-state index in [4.69, 9.17) is 5.10 Å². The quantitative estimate of drug-likeness (QED) is 0.714. The van der Waals surface area contributed by atoms with Crippen LogP contribution in [0.3, 0.4) is 0 Å². The van der Waals surface area contributed by atoms with Crippen LogP contribution in [-0.4, -0.2) is 42.4 Å². The second-order valence-electron chi connectivity index (χ2n) is 5.38. The normalized spacial score (nSPS) is 15.8. The number of aryl methyl sites for hydroxylation is 1. The molecule has 1 aliphatic rings. The van der Waals surface area contributed by atoms with Crippen LogP contribution in [0.1, 0.15) is 19.3 Å². The zero-order chi connectivity index (χ0) is 14.2. The highest BCUT2D eigenvalue weighted by molar-refractivity contribution is 5.88. The summed E-state index contributed by atoms with van der Waals surface area (Å²) in [4.78, 5) is 15.3. The molecule has 0 saturated carbocycles. The van der Waals surface area contributed by atoms with Crippen molar-refractivity contribution in [3.05, 3.63) is 24.9 Å². The first-order valence-electron chi connectivity index (χ1n) is 7.26. The second-order valence-corrected chi connectivity index (χ2v) is 5.38. The Bertz CT molecular complexity index is 767. The number of piperidine rings is 1. The van der Waals surface area contributed by atoms with Crippen LogP contribution < -0.4 is 4.90 Å². The maximum atomic E-state index is 4.77. The minimum absolute atomic E-state index is 0.766. The SMILES string of the molecule is Cn1ccnc1-n1nc(N2CCCCC2)c2cncnc21. The van der Waals surface area contributed by atoms with E-state index in [0.717, 1.165) is 35.9 Å². The molecule has 21 heavy (non-hydrogen) atoms. The highest BCUT2D eigenvalue weighted by atomic mass is 15.4. The van der Waals surface area contributed by atoms with Crippen molar-refractivity contribution in [1.29, 1.82) is 0 Å². The number of rotatable bonds is 2. The van der Waals surface area contributed by atoms with Gasteiger partial charge in [0.2, 0.25) is 5.95 Å². The van der Waals surface area contributed by atoms with Gasteiger partial charge in [0.1, 0.15) is 6.33 Å². The summed E-state index contributed by atoms with van der Waals surface area (Å²) in [6, 6.07) is 0. The third kappa shape index (κ3) is 1.96. The van der Waals surface area contributed by atoms with Crippen LogP contribution in [0.2, 0.25) is 0 Å². The fourth-order valence-corrected chi connectivity index (χ4v) is 2.89. The molecule has 0 N–H and O–H groups in total. The van der Waals surface area contributed by atoms with Crippen molar-refractivity contribution in [3.63, 3.8) is 0 Å². The first kappa shape index (κ1) is 12.3. The lowest BCUT2D eigenvalue weighted by atomic mass is 10.1. The molecule has 0 unspecified atom stereocenters. The van der Waals surface area contributed by atoms with Crippen LogP contribution in [0.4, 0.5) is 5.82 Å². The van der Waals surface area contributed by atoms with E-state index in [1.807, 2.05) is 24.0 Å². The zero-order valence-corrected chi connectivity index (χ0v) is 12.0. The fourth-order valence-electron chi connectivity index (χ4n) is 2.89. The van der Waals surface area contributed by atoms with Gasteiger partial charge in [-0.25, -0.2) is 15.0 Å². The van der Waals surface area contributed by atoms with Crippen molar-refractivity contribution in [2.45, 2.75) is 19.3 Å². The molecule has 1 saturated heterocycles. The number of hydrogen-bond acceptors (Lipinski definition) is 5. The number of nitrogens with zero attached hydrogens (tertiary/aromatic N) is 7. The molecule has 4 heterocycles. The van der Waals surface area contributed by atoms with Gasteiger partial charge in [0, 0.05) is 38.7 Å². The Kier molecular flexibility index (Phi) is 2.83. The van der Waals surface area contributed by atoms with Crippen molar-refractivity contribution in [2.24, 2.45) is 7.05 Å². The van der Waals surface area contributed by atoms with E-state index in [1.165, 1.54) is 19.3 Å². The van der Waals surface area contributed by atoms with E-state index >= 15 is 0 Å². The van der Waals surface area contributed by atoms with Crippen molar-refractivity contribution in [1.82, 2.24) is 29.3 Å². The molecule has 1 aliphatic heterocycles. The van der Waals surface area contributed by atoms with Gasteiger partial charge in [0.25, 0.3) is 0 Å². The third-order valence-corrected chi connectivity index (χ3v) is 3.97. The van der Waals surface area contributed by atoms with Gasteiger partial charge in [-0.05, 0) is 19.3 Å². The van der Waals surface area contributed by atoms with Gasteiger partial charge in [-0.2, -0.15) is 4.68 Å². The van der Waals surface area contributed by atoms with Gasteiger partial charge in [0.15, 0.2) is 11.5 Å². The summed E-state index contributed by atoms with van der Waals surface area (Å²) in [5.41, 5.74) is 0.805. The topological polar surface area (TPSA) is 64.7 Å². The van der Waals surface area contributed by atoms with Gasteiger partial charge in [-0.1, -0.05) is 0 Å². The van der Waals surface area contributed by atoms with Gasteiger partial charge in [-0.3, -0.25) is 0 Å². The minimum atomic E-state index is 0.766. The minimum Gasteiger partial charge on any atom is -0.355 e. The summed E-state index contributed by atoms with van der Waals surface area (Å²) in [7, 11) is 1.96. The van der Waals surface area contributed by atoms with Crippen molar-refractivity contribution >= 4 is 16.9 Å². The molecule has 0 aromatic carbocycles. The Morgan fingerprint density at radius 3 is 2.71 bits per heavy atom. The molecule has 3 aromatic heterocycles. The van der Waals surface area contributed by atoms with Crippen LogP contribution in [0, 0.1) is 0 Å². The summed E-state index contributed by atoms with van der Waals surface area (Å²) >= 11 is 0. The van der Waals surface area contributed by atoms with Crippen LogP contribution in [-0.2, 0) is 7.05 Å². The molecule has 0 amide bonds. The Hall–Kier alpha value is -2.44. The molecule has 7 heteroatoms. The van der Waals surface area contributed by atoms with Gasteiger partial charge >= 0.3 is 0 Å². The molecule has 0 aliphatic carbocycles. The molecule has 0 spiro atoms. The summed E-state index contributed by atoms with van der Waals surface area (Å²) in [5.74, 6) is 1.73. The van der Waals surface area contributed by atoms with Crippen molar-refractivity contribution < 1.29 is 0 Å². The van der Waals surface area contributed by atoms with Crippen LogP contribution in [0.25, 0.3) is 17.0 Å². The molecule has 0 atom stereocenters. The van der Waals surface area contributed by atoms with E-state index in [1.54, 1.807) is 17.2 Å². The van der Waals surface area contributed by atoms with Gasteiger partial charge in [0.05, 0.1) is 5.39 Å². The maximum Gasteiger partial charge on any atom is 0.232 e. The number of aromatic nitrogens is 6. The Labute approximate surface area is 122 Å². The number of fused-ring (bicyclic) bond motifs is 1. The van der Waals surface area contributed by atoms with E-state index in [9.17, 15) is 0 Å². The van der Waals surface area contributed by atoms with Crippen molar-refractivity contribution in [2.75, 3.05) is 18.0 Å². The summed E-state index contributed by atoms with van der Waals surface area (Å²) in [6.45, 7) is 2.09. The lowest BCUT2D eigenvalue weighted by Crippen LogP contribution is -2.30.